The van der Waals surface area contributed by atoms with E-state index in [1.165, 1.54) is 154 Å². The average Bonchev–Trinajstić information content (AvgIpc) is 3.04. The number of carbonyl (C=O) groups is 2. The van der Waals surface area contributed by atoms with Gasteiger partial charge >= 0.3 is 0 Å². The van der Waals surface area contributed by atoms with Crippen molar-refractivity contribution in [2.24, 2.45) is 0 Å². The van der Waals surface area contributed by atoms with E-state index in [0.29, 0.717) is 19.4 Å². The van der Waals surface area contributed by atoms with Gasteiger partial charge in [0.05, 0.1) is 0 Å². The lowest BCUT2D eigenvalue weighted by Gasteiger charge is -2.19. The highest BCUT2D eigenvalue weighted by atomic mass is 16.2. The molecule has 0 aromatic carbocycles. The maximum Gasteiger partial charge on any atom is 0.242 e. The third-order valence-corrected chi connectivity index (χ3v) is 9.25. The van der Waals surface area contributed by atoms with Crippen LogP contribution in [-0.2, 0) is 9.59 Å². The van der Waals surface area contributed by atoms with Crippen molar-refractivity contribution in [2.45, 2.75) is 213 Å². The molecule has 0 rings (SSSR count). The lowest BCUT2D eigenvalue weighted by Crippen LogP contribution is -2.47. The highest BCUT2D eigenvalue weighted by molar-refractivity contribution is 5.87. The topological polar surface area (TPSA) is 61.4 Å². The first-order chi connectivity index (χ1) is 22.5. The van der Waals surface area contributed by atoms with Gasteiger partial charge in [-0.25, -0.2) is 0 Å². The Labute approximate surface area is 288 Å². The highest BCUT2D eigenvalue weighted by Crippen LogP contribution is 2.13. The summed E-state index contributed by atoms with van der Waals surface area (Å²) in [6, 6.07) is -0.415. The first-order valence-electron chi connectivity index (χ1n) is 20.4. The van der Waals surface area contributed by atoms with Gasteiger partial charge in [0.15, 0.2) is 0 Å². The predicted octanol–water partition coefficient (Wildman–Crippen LogP) is 11.4. The molecule has 0 aliphatic heterocycles. The summed E-state index contributed by atoms with van der Waals surface area (Å²) in [4.78, 5) is 27.8. The van der Waals surface area contributed by atoms with Crippen molar-refractivity contribution in [3.8, 4) is 0 Å². The Morgan fingerprint density at radius 2 is 0.957 bits per heavy atom. The summed E-state index contributed by atoms with van der Waals surface area (Å²) in [7, 11) is 4.10. The highest BCUT2D eigenvalue weighted by Gasteiger charge is 2.20. The summed E-state index contributed by atoms with van der Waals surface area (Å²) in [6.45, 7) is 6.19. The van der Waals surface area contributed by atoms with E-state index in [-0.39, 0.29) is 11.8 Å². The number of hydrogen-bond acceptors (Lipinski definition) is 3. The summed E-state index contributed by atoms with van der Waals surface area (Å²) >= 11 is 0. The number of nitrogens with zero attached hydrogens (tertiary/aromatic N) is 1. The molecule has 0 aliphatic rings. The van der Waals surface area contributed by atoms with Crippen molar-refractivity contribution < 1.29 is 9.59 Å². The normalized spacial score (nSPS) is 12.3. The van der Waals surface area contributed by atoms with Gasteiger partial charge in [-0.15, -0.1) is 0 Å². The van der Waals surface area contributed by atoms with Crippen LogP contribution in [0.25, 0.3) is 0 Å². The first kappa shape index (κ1) is 44.6. The minimum Gasteiger partial charge on any atom is -0.354 e. The summed E-state index contributed by atoms with van der Waals surface area (Å²) < 4.78 is 0. The lowest BCUT2D eigenvalue weighted by atomic mass is 10.0. The van der Waals surface area contributed by atoms with Crippen molar-refractivity contribution >= 4 is 11.8 Å². The maximum absolute atomic E-state index is 13.0. The van der Waals surface area contributed by atoms with Crippen LogP contribution >= 0.6 is 0 Å². The van der Waals surface area contributed by atoms with Gasteiger partial charge in [0.1, 0.15) is 6.04 Å². The van der Waals surface area contributed by atoms with Gasteiger partial charge in [-0.05, 0) is 72.0 Å². The standard InChI is InChI=1S/C41H81N3O2/c1-5-7-9-11-13-15-17-19-21-22-24-26-28-30-32-36-40(45)43-39(35-34-38-44(3)4)41(46)42-37-33-31-29-27-25-23-20-18-16-14-12-10-8-6-2/h19,21,39H,5-18,20,22-38H2,1-4H3,(H,42,46)(H,43,45)/b21-19+. The molecular formula is C41H81N3O2. The SMILES string of the molecule is CCCCCCCC/C=C/CCCCCCCC(=O)NC(CCCN(C)C)C(=O)NCCCCCCCCCCCCCCCC. The maximum atomic E-state index is 13.0. The van der Waals surface area contributed by atoms with E-state index in [9.17, 15) is 9.59 Å². The number of hydrogen-bond donors (Lipinski definition) is 2. The molecule has 0 aromatic rings. The molecule has 2 amide bonds. The van der Waals surface area contributed by atoms with E-state index in [2.05, 4.69) is 55.6 Å². The molecule has 1 unspecified atom stereocenters. The fourth-order valence-corrected chi connectivity index (χ4v) is 6.16. The number of rotatable bonds is 36. The van der Waals surface area contributed by atoms with Crippen molar-refractivity contribution in [1.82, 2.24) is 15.5 Å². The summed E-state index contributed by atoms with van der Waals surface area (Å²) in [5.41, 5.74) is 0. The van der Waals surface area contributed by atoms with Gasteiger partial charge in [-0.1, -0.05) is 161 Å². The molecule has 0 spiro atoms. The predicted molar refractivity (Wildman–Crippen MR) is 202 cm³/mol. The molecule has 0 saturated heterocycles. The zero-order valence-electron chi connectivity index (χ0n) is 31.6. The quantitative estimate of drug-likeness (QED) is 0.0525. The zero-order valence-corrected chi connectivity index (χ0v) is 31.6. The molecule has 1 atom stereocenters. The minimum absolute atomic E-state index is 0.00801. The van der Waals surface area contributed by atoms with Crippen LogP contribution in [0.4, 0.5) is 0 Å². The van der Waals surface area contributed by atoms with Crippen LogP contribution in [0, 0.1) is 0 Å². The Morgan fingerprint density at radius 1 is 0.543 bits per heavy atom. The van der Waals surface area contributed by atoms with Crippen LogP contribution in [-0.4, -0.2) is 49.9 Å². The van der Waals surface area contributed by atoms with Gasteiger partial charge in [0.25, 0.3) is 0 Å². The summed E-state index contributed by atoms with van der Waals surface area (Å²) in [6.07, 6.45) is 41.8. The molecule has 5 nitrogen and oxygen atoms in total. The lowest BCUT2D eigenvalue weighted by molar-refractivity contribution is -0.129. The second kappa shape index (κ2) is 36.5. The monoisotopic (exact) mass is 648 g/mol. The van der Waals surface area contributed by atoms with Crippen molar-refractivity contribution in [3.05, 3.63) is 12.2 Å². The first-order valence-corrected chi connectivity index (χ1v) is 20.4. The third kappa shape index (κ3) is 34.0. The molecule has 2 N–H and O–H groups in total. The Balaban J connectivity index is 3.93. The Morgan fingerprint density at radius 3 is 1.41 bits per heavy atom. The van der Waals surface area contributed by atoms with E-state index < -0.39 is 6.04 Å². The Hall–Kier alpha value is -1.36. The Kier molecular flexibility index (Phi) is 35.4. The van der Waals surface area contributed by atoms with Crippen LogP contribution in [0.3, 0.4) is 0 Å². The van der Waals surface area contributed by atoms with E-state index in [4.69, 9.17) is 0 Å². The van der Waals surface area contributed by atoms with Crippen molar-refractivity contribution in [3.63, 3.8) is 0 Å². The fraction of sp³-hybridized carbons (Fsp3) is 0.902. The zero-order chi connectivity index (χ0) is 33.8. The van der Waals surface area contributed by atoms with Crippen LogP contribution in [0.15, 0.2) is 12.2 Å². The third-order valence-electron chi connectivity index (χ3n) is 9.25. The summed E-state index contributed by atoms with van der Waals surface area (Å²) in [5.74, 6) is 0.0190. The molecule has 0 saturated carbocycles. The van der Waals surface area contributed by atoms with Crippen molar-refractivity contribution in [2.75, 3.05) is 27.2 Å². The molecule has 0 bridgehead atoms. The van der Waals surface area contributed by atoms with Crippen LogP contribution in [0.1, 0.15) is 206 Å². The minimum atomic E-state index is -0.415. The van der Waals surface area contributed by atoms with E-state index >= 15 is 0 Å². The van der Waals surface area contributed by atoms with Gasteiger partial charge in [0.2, 0.25) is 11.8 Å². The van der Waals surface area contributed by atoms with Gasteiger partial charge < -0.3 is 15.5 Å². The molecular weight excluding hydrogens is 566 g/mol. The average molecular weight is 648 g/mol. The Bertz CT molecular complexity index is 679. The van der Waals surface area contributed by atoms with Crippen LogP contribution < -0.4 is 10.6 Å². The number of nitrogens with one attached hydrogen (secondary N) is 2. The molecule has 0 aliphatic carbocycles. The largest absolute Gasteiger partial charge is 0.354 e. The number of carbonyl (C=O) groups excluding carboxylic acids is 2. The number of amides is 2. The van der Waals surface area contributed by atoms with E-state index in [1.54, 1.807) is 0 Å². The molecule has 0 aromatic heterocycles. The molecule has 46 heavy (non-hydrogen) atoms. The van der Waals surface area contributed by atoms with Crippen LogP contribution in [0.2, 0.25) is 0 Å². The van der Waals surface area contributed by atoms with Gasteiger partial charge in [-0.3, -0.25) is 9.59 Å². The van der Waals surface area contributed by atoms with E-state index in [1.807, 2.05) is 0 Å². The van der Waals surface area contributed by atoms with Gasteiger partial charge in [-0.2, -0.15) is 0 Å². The second-order valence-corrected chi connectivity index (χ2v) is 14.3. The second-order valence-electron chi connectivity index (χ2n) is 14.3. The molecule has 0 radical (unpaired) electrons. The van der Waals surface area contributed by atoms with Gasteiger partial charge in [0, 0.05) is 13.0 Å². The summed E-state index contributed by atoms with van der Waals surface area (Å²) in [5, 5.41) is 6.18. The molecule has 0 heterocycles. The van der Waals surface area contributed by atoms with Crippen LogP contribution in [0.5, 0.6) is 0 Å². The molecule has 272 valence electrons. The van der Waals surface area contributed by atoms with E-state index in [0.717, 1.165) is 32.2 Å². The van der Waals surface area contributed by atoms with Crippen molar-refractivity contribution in [1.29, 1.82) is 0 Å². The fourth-order valence-electron chi connectivity index (χ4n) is 6.16. The number of unbranched alkanes of at least 4 members (excludes halogenated alkanes) is 24. The molecule has 5 heteroatoms. The number of allylic oxidation sites excluding steroid dienone is 2. The molecule has 0 fully saturated rings. The smallest absolute Gasteiger partial charge is 0.242 e.